The van der Waals surface area contributed by atoms with Crippen molar-refractivity contribution in [3.05, 3.63) is 35.1 Å². The first kappa shape index (κ1) is 15.9. The average molecular weight is 312 g/mol. The molecule has 0 aliphatic carbocycles. The number of halogens is 1. The molecule has 0 aliphatic heterocycles. The summed E-state index contributed by atoms with van der Waals surface area (Å²) in [5, 5.41) is 13.6. The number of nitrogens with zero attached hydrogens (tertiary/aromatic N) is 3. The van der Waals surface area contributed by atoms with Gasteiger partial charge in [0.05, 0.1) is 30.3 Å². The second-order valence-corrected chi connectivity index (χ2v) is 4.90. The van der Waals surface area contributed by atoms with E-state index < -0.39 is 0 Å². The molecule has 6 nitrogen and oxygen atoms in total. The molecule has 1 N–H and O–H groups in total. The largest absolute Gasteiger partial charge is 0.395 e. The van der Waals surface area contributed by atoms with Crippen molar-refractivity contribution in [2.75, 3.05) is 33.4 Å². The molecule has 1 heterocycles. The van der Waals surface area contributed by atoms with Gasteiger partial charge in [-0.25, -0.2) is 0 Å². The fourth-order valence-electron chi connectivity index (χ4n) is 1.89. The minimum atomic E-state index is 0.0684. The van der Waals surface area contributed by atoms with E-state index in [1.165, 1.54) is 0 Å². The summed E-state index contributed by atoms with van der Waals surface area (Å²) in [4.78, 5) is 6.34. The third kappa shape index (κ3) is 4.50. The van der Waals surface area contributed by atoms with E-state index in [0.29, 0.717) is 48.5 Å². The van der Waals surface area contributed by atoms with Gasteiger partial charge in [0, 0.05) is 20.2 Å². The van der Waals surface area contributed by atoms with Crippen molar-refractivity contribution in [3.8, 4) is 11.5 Å². The molecule has 0 aliphatic rings. The zero-order valence-corrected chi connectivity index (χ0v) is 12.6. The Balaban J connectivity index is 2.06. The maximum absolute atomic E-state index is 9.07. The molecule has 0 saturated carbocycles. The third-order valence-electron chi connectivity index (χ3n) is 2.97. The maximum atomic E-state index is 9.07. The van der Waals surface area contributed by atoms with Gasteiger partial charge < -0.3 is 14.4 Å². The predicted octanol–water partition coefficient (Wildman–Crippen LogP) is 1.83. The van der Waals surface area contributed by atoms with E-state index in [1.807, 2.05) is 23.1 Å². The van der Waals surface area contributed by atoms with Crippen LogP contribution in [0, 0.1) is 0 Å². The van der Waals surface area contributed by atoms with Gasteiger partial charge in [0.25, 0.3) is 5.89 Å². The molecule has 0 radical (unpaired) electrons. The van der Waals surface area contributed by atoms with Gasteiger partial charge >= 0.3 is 0 Å². The smallest absolute Gasteiger partial charge is 0.259 e. The quantitative estimate of drug-likeness (QED) is 0.802. The fourth-order valence-corrected chi connectivity index (χ4v) is 2.11. The molecule has 21 heavy (non-hydrogen) atoms. The summed E-state index contributed by atoms with van der Waals surface area (Å²) in [6.45, 7) is 2.35. The number of rotatable bonds is 8. The number of aromatic nitrogens is 2. The summed E-state index contributed by atoms with van der Waals surface area (Å²) < 4.78 is 10.3. The first-order valence-electron chi connectivity index (χ1n) is 6.64. The number of hydrogen-bond donors (Lipinski definition) is 1. The van der Waals surface area contributed by atoms with Crippen molar-refractivity contribution in [2.24, 2.45) is 0 Å². The van der Waals surface area contributed by atoms with Crippen LogP contribution in [-0.2, 0) is 11.3 Å². The predicted molar refractivity (Wildman–Crippen MR) is 79.0 cm³/mol. The van der Waals surface area contributed by atoms with Crippen molar-refractivity contribution in [3.63, 3.8) is 0 Å². The number of ether oxygens (including phenoxy) is 1. The summed E-state index contributed by atoms with van der Waals surface area (Å²) in [7, 11) is 1.64. The molecule has 0 fully saturated rings. The lowest BCUT2D eigenvalue weighted by Gasteiger charge is -2.18. The van der Waals surface area contributed by atoms with Crippen molar-refractivity contribution >= 4 is 11.6 Å². The number of benzene rings is 1. The lowest BCUT2D eigenvalue weighted by Crippen LogP contribution is -2.30. The Bertz CT molecular complexity index is 562. The first-order valence-corrected chi connectivity index (χ1v) is 7.02. The Labute approximate surface area is 128 Å². The molecule has 0 spiro atoms. The Morgan fingerprint density at radius 2 is 2.14 bits per heavy atom. The van der Waals surface area contributed by atoms with Gasteiger partial charge in [-0.3, -0.25) is 4.90 Å². The van der Waals surface area contributed by atoms with Crippen molar-refractivity contribution in [1.29, 1.82) is 0 Å². The molecule has 0 amide bonds. The normalized spacial score (nSPS) is 11.2. The van der Waals surface area contributed by atoms with E-state index in [1.54, 1.807) is 13.2 Å². The molecule has 0 unspecified atom stereocenters. The lowest BCUT2D eigenvalue weighted by molar-refractivity contribution is 0.124. The van der Waals surface area contributed by atoms with E-state index in [0.717, 1.165) is 0 Å². The number of methoxy groups -OCH3 is 1. The van der Waals surface area contributed by atoms with Crippen LogP contribution < -0.4 is 0 Å². The molecule has 7 heteroatoms. The summed E-state index contributed by atoms with van der Waals surface area (Å²) in [5.74, 6) is 0.945. The lowest BCUT2D eigenvalue weighted by atomic mass is 10.2. The zero-order valence-electron chi connectivity index (χ0n) is 11.8. The first-order chi connectivity index (χ1) is 10.2. The summed E-state index contributed by atoms with van der Waals surface area (Å²) in [6.07, 6.45) is 0. The molecule has 2 rings (SSSR count). The number of aliphatic hydroxyl groups excluding tert-OH is 1. The second-order valence-electron chi connectivity index (χ2n) is 4.49. The van der Waals surface area contributed by atoms with E-state index >= 15 is 0 Å². The number of aliphatic hydroxyl groups is 1. The highest BCUT2D eigenvalue weighted by molar-refractivity contribution is 6.33. The molecule has 0 saturated heterocycles. The van der Waals surface area contributed by atoms with Crippen LogP contribution in [-0.4, -0.2) is 53.6 Å². The van der Waals surface area contributed by atoms with Gasteiger partial charge in [-0.1, -0.05) is 28.9 Å². The molecule has 1 aromatic heterocycles. The third-order valence-corrected chi connectivity index (χ3v) is 3.29. The SMILES string of the molecule is COCCN(CCO)Cc1noc(-c2ccccc2Cl)n1. The summed E-state index contributed by atoms with van der Waals surface area (Å²) >= 11 is 6.10. The van der Waals surface area contributed by atoms with Crippen molar-refractivity contribution in [2.45, 2.75) is 6.54 Å². The van der Waals surface area contributed by atoms with Crippen LogP contribution in [0.3, 0.4) is 0 Å². The Kier molecular flexibility index (Phi) is 6.13. The molecular weight excluding hydrogens is 294 g/mol. The molecule has 0 bridgehead atoms. The van der Waals surface area contributed by atoms with Gasteiger partial charge in [-0.2, -0.15) is 4.98 Å². The minimum absolute atomic E-state index is 0.0684. The van der Waals surface area contributed by atoms with Gasteiger partial charge in [-0.05, 0) is 12.1 Å². The van der Waals surface area contributed by atoms with Crippen LogP contribution in [0.2, 0.25) is 5.02 Å². The maximum Gasteiger partial charge on any atom is 0.259 e. The standard InChI is InChI=1S/C14H18ClN3O3/c1-20-9-7-18(6-8-19)10-13-16-14(21-17-13)11-4-2-3-5-12(11)15/h2-5,19H,6-10H2,1H3. The van der Waals surface area contributed by atoms with Gasteiger partial charge in [0.1, 0.15) is 0 Å². The average Bonchev–Trinajstić information content (AvgIpc) is 2.94. The Morgan fingerprint density at radius 3 is 2.86 bits per heavy atom. The Hall–Kier alpha value is -1.47. The highest BCUT2D eigenvalue weighted by atomic mass is 35.5. The molecule has 114 valence electrons. The van der Waals surface area contributed by atoms with Crippen LogP contribution in [0.15, 0.2) is 28.8 Å². The number of hydrogen-bond acceptors (Lipinski definition) is 6. The van der Waals surface area contributed by atoms with Gasteiger partial charge in [0.2, 0.25) is 0 Å². The van der Waals surface area contributed by atoms with Crippen molar-refractivity contribution < 1.29 is 14.4 Å². The topological polar surface area (TPSA) is 71.6 Å². The van der Waals surface area contributed by atoms with E-state index in [-0.39, 0.29) is 6.61 Å². The van der Waals surface area contributed by atoms with Crippen LogP contribution in [0.1, 0.15) is 5.82 Å². The van der Waals surface area contributed by atoms with E-state index in [4.69, 9.17) is 26.0 Å². The molecular formula is C14H18ClN3O3. The monoisotopic (exact) mass is 311 g/mol. The van der Waals surface area contributed by atoms with Gasteiger partial charge in [0.15, 0.2) is 5.82 Å². The second kappa shape index (κ2) is 8.09. The zero-order chi connectivity index (χ0) is 15.1. The van der Waals surface area contributed by atoms with E-state index in [2.05, 4.69) is 10.1 Å². The summed E-state index contributed by atoms with van der Waals surface area (Å²) in [6, 6.07) is 7.31. The summed E-state index contributed by atoms with van der Waals surface area (Å²) in [5.41, 5.74) is 0.712. The van der Waals surface area contributed by atoms with E-state index in [9.17, 15) is 0 Å². The highest BCUT2D eigenvalue weighted by Gasteiger charge is 2.14. The van der Waals surface area contributed by atoms with Crippen molar-refractivity contribution in [1.82, 2.24) is 15.0 Å². The van der Waals surface area contributed by atoms with Crippen LogP contribution in [0.5, 0.6) is 0 Å². The Morgan fingerprint density at radius 1 is 1.33 bits per heavy atom. The molecule has 1 aromatic carbocycles. The van der Waals surface area contributed by atoms with Crippen LogP contribution >= 0.6 is 11.6 Å². The van der Waals surface area contributed by atoms with Crippen LogP contribution in [0.4, 0.5) is 0 Å². The van der Waals surface area contributed by atoms with Crippen LogP contribution in [0.25, 0.3) is 11.5 Å². The fraction of sp³-hybridized carbons (Fsp3) is 0.429. The highest BCUT2D eigenvalue weighted by Crippen LogP contribution is 2.25. The molecule has 2 aromatic rings. The minimum Gasteiger partial charge on any atom is -0.395 e. The molecule has 0 atom stereocenters. The van der Waals surface area contributed by atoms with Gasteiger partial charge in [-0.15, -0.1) is 0 Å².